The third kappa shape index (κ3) is 6.69. The number of aromatic nitrogens is 1. The number of pyridine rings is 1. The Bertz CT molecular complexity index is 306. The van der Waals surface area contributed by atoms with Crippen LogP contribution in [0.15, 0.2) is 24.5 Å². The molecular formula is C14H24N2S. The van der Waals surface area contributed by atoms with Gasteiger partial charge in [0.05, 0.1) is 0 Å². The summed E-state index contributed by atoms with van der Waals surface area (Å²) in [5.74, 6) is 1.15. The van der Waals surface area contributed by atoms with E-state index >= 15 is 0 Å². The van der Waals surface area contributed by atoms with E-state index in [-0.39, 0.29) is 0 Å². The SMILES string of the molecule is CCNC(CSC(C)(C)C)Cc1ccncc1. The van der Waals surface area contributed by atoms with Crippen LogP contribution in [0.4, 0.5) is 0 Å². The highest BCUT2D eigenvalue weighted by Gasteiger charge is 2.15. The van der Waals surface area contributed by atoms with Crippen molar-refractivity contribution in [2.45, 2.75) is 44.9 Å². The summed E-state index contributed by atoms with van der Waals surface area (Å²) in [6, 6.07) is 4.75. The van der Waals surface area contributed by atoms with Crippen LogP contribution >= 0.6 is 11.8 Å². The smallest absolute Gasteiger partial charge is 0.0270 e. The maximum Gasteiger partial charge on any atom is 0.0270 e. The quantitative estimate of drug-likeness (QED) is 0.842. The van der Waals surface area contributed by atoms with Crippen LogP contribution in [0.25, 0.3) is 0 Å². The molecule has 17 heavy (non-hydrogen) atoms. The average Bonchev–Trinajstić information content (AvgIpc) is 2.27. The molecule has 1 aromatic heterocycles. The summed E-state index contributed by atoms with van der Waals surface area (Å²) in [5, 5.41) is 3.56. The van der Waals surface area contributed by atoms with E-state index in [0.717, 1.165) is 18.7 Å². The van der Waals surface area contributed by atoms with Gasteiger partial charge in [-0.15, -0.1) is 0 Å². The van der Waals surface area contributed by atoms with Crippen LogP contribution < -0.4 is 5.32 Å². The minimum absolute atomic E-state index is 0.339. The number of likely N-dealkylation sites (N-methyl/N-ethyl adjacent to an activating group) is 1. The molecule has 0 radical (unpaired) electrons. The number of nitrogens with zero attached hydrogens (tertiary/aromatic N) is 1. The zero-order valence-electron chi connectivity index (χ0n) is 11.4. The van der Waals surface area contributed by atoms with Crippen LogP contribution in [-0.2, 0) is 6.42 Å². The highest BCUT2D eigenvalue weighted by Crippen LogP contribution is 2.24. The molecule has 1 N–H and O–H groups in total. The first kappa shape index (κ1) is 14.5. The Morgan fingerprint density at radius 1 is 1.29 bits per heavy atom. The Morgan fingerprint density at radius 3 is 2.47 bits per heavy atom. The van der Waals surface area contributed by atoms with E-state index < -0.39 is 0 Å². The second-order valence-electron chi connectivity index (χ2n) is 5.24. The molecule has 0 aliphatic heterocycles. The molecule has 1 rings (SSSR count). The number of nitrogens with one attached hydrogen (secondary N) is 1. The van der Waals surface area contributed by atoms with Gasteiger partial charge in [0.1, 0.15) is 0 Å². The molecule has 1 heterocycles. The lowest BCUT2D eigenvalue weighted by Crippen LogP contribution is -2.34. The molecule has 2 nitrogen and oxygen atoms in total. The maximum absolute atomic E-state index is 4.06. The molecule has 1 unspecified atom stereocenters. The zero-order chi connectivity index (χ0) is 12.7. The number of hydrogen-bond donors (Lipinski definition) is 1. The number of thioether (sulfide) groups is 1. The first-order valence-corrected chi connectivity index (χ1v) is 7.26. The topological polar surface area (TPSA) is 24.9 Å². The van der Waals surface area contributed by atoms with Crippen molar-refractivity contribution in [3.63, 3.8) is 0 Å². The van der Waals surface area contributed by atoms with Crippen LogP contribution in [-0.4, -0.2) is 28.1 Å². The molecule has 3 heteroatoms. The van der Waals surface area contributed by atoms with Gasteiger partial charge in [-0.05, 0) is 30.7 Å². The van der Waals surface area contributed by atoms with Crippen LogP contribution in [0, 0.1) is 0 Å². The summed E-state index contributed by atoms with van der Waals surface area (Å²) in [7, 11) is 0. The van der Waals surface area contributed by atoms with Crippen LogP contribution in [0.1, 0.15) is 33.3 Å². The van der Waals surface area contributed by atoms with E-state index in [1.165, 1.54) is 5.56 Å². The van der Waals surface area contributed by atoms with Gasteiger partial charge < -0.3 is 5.32 Å². The van der Waals surface area contributed by atoms with Crippen molar-refractivity contribution >= 4 is 11.8 Å². The second kappa shape index (κ2) is 7.02. The van der Waals surface area contributed by atoms with Gasteiger partial charge in [-0.2, -0.15) is 11.8 Å². The first-order chi connectivity index (χ1) is 8.01. The molecule has 0 bridgehead atoms. The Labute approximate surface area is 110 Å². The molecule has 0 aromatic carbocycles. The molecule has 0 aliphatic carbocycles. The van der Waals surface area contributed by atoms with Gasteiger partial charge >= 0.3 is 0 Å². The highest BCUT2D eigenvalue weighted by atomic mass is 32.2. The summed E-state index contributed by atoms with van der Waals surface area (Å²) in [6.07, 6.45) is 4.82. The van der Waals surface area contributed by atoms with Crippen LogP contribution in [0.5, 0.6) is 0 Å². The van der Waals surface area contributed by atoms with Gasteiger partial charge in [0.15, 0.2) is 0 Å². The fourth-order valence-corrected chi connectivity index (χ4v) is 2.57. The normalized spacial score (nSPS) is 13.6. The van der Waals surface area contributed by atoms with Crippen molar-refractivity contribution in [2.75, 3.05) is 12.3 Å². The van der Waals surface area contributed by atoms with Crippen molar-refractivity contribution in [3.05, 3.63) is 30.1 Å². The number of hydrogen-bond acceptors (Lipinski definition) is 3. The van der Waals surface area contributed by atoms with E-state index in [2.05, 4.69) is 50.1 Å². The number of rotatable bonds is 6. The lowest BCUT2D eigenvalue weighted by Gasteiger charge is -2.23. The maximum atomic E-state index is 4.06. The molecule has 0 saturated carbocycles. The van der Waals surface area contributed by atoms with Crippen molar-refractivity contribution in [1.82, 2.24) is 10.3 Å². The zero-order valence-corrected chi connectivity index (χ0v) is 12.2. The van der Waals surface area contributed by atoms with Crippen LogP contribution in [0.2, 0.25) is 0 Å². The Hall–Kier alpha value is -0.540. The van der Waals surface area contributed by atoms with Crippen LogP contribution in [0.3, 0.4) is 0 Å². The second-order valence-corrected chi connectivity index (χ2v) is 7.08. The van der Waals surface area contributed by atoms with Gasteiger partial charge in [-0.3, -0.25) is 4.98 Å². The lowest BCUT2D eigenvalue weighted by atomic mass is 10.1. The predicted molar refractivity (Wildman–Crippen MR) is 77.6 cm³/mol. The summed E-state index contributed by atoms with van der Waals surface area (Å²) < 4.78 is 0.339. The molecule has 0 amide bonds. The summed E-state index contributed by atoms with van der Waals surface area (Å²) in [5.41, 5.74) is 1.36. The van der Waals surface area contributed by atoms with Crippen molar-refractivity contribution in [3.8, 4) is 0 Å². The third-order valence-corrected chi connectivity index (χ3v) is 3.88. The summed E-state index contributed by atoms with van der Waals surface area (Å²) in [6.45, 7) is 10.0. The van der Waals surface area contributed by atoms with Crippen molar-refractivity contribution in [2.24, 2.45) is 0 Å². The van der Waals surface area contributed by atoms with E-state index in [0.29, 0.717) is 10.8 Å². The van der Waals surface area contributed by atoms with Gasteiger partial charge in [0, 0.05) is 28.9 Å². The van der Waals surface area contributed by atoms with Gasteiger partial charge in [0.25, 0.3) is 0 Å². The summed E-state index contributed by atoms with van der Waals surface area (Å²) >= 11 is 2.02. The van der Waals surface area contributed by atoms with E-state index in [9.17, 15) is 0 Å². The van der Waals surface area contributed by atoms with E-state index in [1.807, 2.05) is 24.2 Å². The molecule has 0 saturated heterocycles. The minimum Gasteiger partial charge on any atom is -0.313 e. The molecule has 0 aliphatic rings. The Balaban J connectivity index is 2.49. The van der Waals surface area contributed by atoms with Crippen molar-refractivity contribution < 1.29 is 0 Å². The molecular weight excluding hydrogens is 228 g/mol. The molecule has 1 atom stereocenters. The van der Waals surface area contributed by atoms with Crippen molar-refractivity contribution in [1.29, 1.82) is 0 Å². The molecule has 96 valence electrons. The first-order valence-electron chi connectivity index (χ1n) is 6.27. The largest absolute Gasteiger partial charge is 0.313 e. The molecule has 0 fully saturated rings. The monoisotopic (exact) mass is 252 g/mol. The summed E-state index contributed by atoms with van der Waals surface area (Å²) in [4.78, 5) is 4.06. The van der Waals surface area contributed by atoms with Gasteiger partial charge in [0.2, 0.25) is 0 Å². The Morgan fingerprint density at radius 2 is 1.94 bits per heavy atom. The highest BCUT2D eigenvalue weighted by molar-refractivity contribution is 8.00. The standard InChI is InChI=1S/C14H24N2S/c1-5-16-13(11-17-14(2,3)4)10-12-6-8-15-9-7-12/h6-9,13,16H,5,10-11H2,1-4H3. The average molecular weight is 252 g/mol. The fourth-order valence-electron chi connectivity index (χ4n) is 1.63. The lowest BCUT2D eigenvalue weighted by molar-refractivity contribution is 0.570. The minimum atomic E-state index is 0.339. The van der Waals surface area contributed by atoms with E-state index in [4.69, 9.17) is 0 Å². The van der Waals surface area contributed by atoms with Gasteiger partial charge in [-0.25, -0.2) is 0 Å². The molecule has 1 aromatic rings. The predicted octanol–water partition coefficient (Wildman–Crippen LogP) is 3.13. The Kier molecular flexibility index (Phi) is 6.00. The van der Waals surface area contributed by atoms with Gasteiger partial charge in [-0.1, -0.05) is 27.7 Å². The van der Waals surface area contributed by atoms with E-state index in [1.54, 1.807) is 0 Å². The third-order valence-electron chi connectivity index (χ3n) is 2.44. The molecule has 0 spiro atoms. The fraction of sp³-hybridized carbons (Fsp3) is 0.643.